The van der Waals surface area contributed by atoms with E-state index in [-0.39, 0.29) is 0 Å². The van der Waals surface area contributed by atoms with Gasteiger partial charge in [0.25, 0.3) is 0 Å². The average molecular weight is 274 g/mol. The van der Waals surface area contributed by atoms with E-state index in [0.29, 0.717) is 5.92 Å². The number of nitrogens with one attached hydrogen (secondary N) is 1. The summed E-state index contributed by atoms with van der Waals surface area (Å²) in [5.74, 6) is 0.585. The minimum absolute atomic E-state index is 0.585. The fourth-order valence-corrected chi connectivity index (χ4v) is 2.29. The Labute approximate surface area is 115 Å². The van der Waals surface area contributed by atoms with Crippen LogP contribution in [0.2, 0.25) is 5.15 Å². The van der Waals surface area contributed by atoms with Gasteiger partial charge in [0, 0.05) is 26.3 Å². The maximum absolute atomic E-state index is 6.26. The third-order valence-electron chi connectivity index (χ3n) is 3.26. The Bertz CT molecular complexity index is 365. The van der Waals surface area contributed by atoms with Crippen molar-refractivity contribution in [3.05, 3.63) is 16.4 Å². The van der Waals surface area contributed by atoms with Crippen molar-refractivity contribution in [2.24, 2.45) is 13.0 Å². The lowest BCUT2D eigenvalue weighted by Gasteiger charge is -2.15. The second-order valence-corrected chi connectivity index (χ2v) is 5.01. The minimum Gasteiger partial charge on any atom is -0.383 e. The van der Waals surface area contributed by atoms with E-state index in [1.165, 1.54) is 5.56 Å². The first-order valence-electron chi connectivity index (χ1n) is 6.47. The Morgan fingerprint density at radius 3 is 2.72 bits per heavy atom. The van der Waals surface area contributed by atoms with Crippen LogP contribution in [0.15, 0.2) is 0 Å². The maximum Gasteiger partial charge on any atom is 0.130 e. The van der Waals surface area contributed by atoms with Gasteiger partial charge in [-0.2, -0.15) is 5.10 Å². The quantitative estimate of drug-likeness (QED) is 0.738. The van der Waals surface area contributed by atoms with Crippen molar-refractivity contribution in [2.45, 2.75) is 26.7 Å². The summed E-state index contributed by atoms with van der Waals surface area (Å²) in [6.45, 7) is 6.87. The van der Waals surface area contributed by atoms with Crippen LogP contribution in [0.3, 0.4) is 0 Å². The first kappa shape index (κ1) is 15.5. The van der Waals surface area contributed by atoms with Crippen molar-refractivity contribution in [2.75, 3.05) is 26.8 Å². The van der Waals surface area contributed by atoms with Crippen LogP contribution >= 0.6 is 11.6 Å². The van der Waals surface area contributed by atoms with Gasteiger partial charge in [0.05, 0.1) is 12.3 Å². The van der Waals surface area contributed by atoms with Crippen molar-refractivity contribution in [3.8, 4) is 0 Å². The number of rotatable bonds is 8. The molecule has 104 valence electrons. The molecule has 4 nitrogen and oxygen atoms in total. The number of nitrogens with zero attached hydrogens (tertiary/aromatic N) is 2. The molecule has 1 aromatic rings. The lowest BCUT2D eigenvalue weighted by molar-refractivity contribution is 0.197. The van der Waals surface area contributed by atoms with Crippen LogP contribution in [-0.4, -0.2) is 36.6 Å². The van der Waals surface area contributed by atoms with E-state index in [0.717, 1.165) is 43.4 Å². The van der Waals surface area contributed by atoms with Gasteiger partial charge in [-0.15, -0.1) is 0 Å². The molecule has 0 aliphatic carbocycles. The summed E-state index contributed by atoms with van der Waals surface area (Å²) in [7, 11) is 3.61. The number of aryl methyl sites for hydroxylation is 2. The summed E-state index contributed by atoms with van der Waals surface area (Å²) in [5, 5.41) is 8.53. The summed E-state index contributed by atoms with van der Waals surface area (Å²) >= 11 is 6.26. The molecule has 18 heavy (non-hydrogen) atoms. The molecule has 0 fully saturated rings. The van der Waals surface area contributed by atoms with Gasteiger partial charge >= 0.3 is 0 Å². The van der Waals surface area contributed by atoms with Gasteiger partial charge in [-0.3, -0.25) is 4.68 Å². The maximum atomic E-state index is 6.26. The molecule has 0 aromatic carbocycles. The van der Waals surface area contributed by atoms with E-state index in [1.54, 1.807) is 11.8 Å². The van der Waals surface area contributed by atoms with Crippen LogP contribution in [0.4, 0.5) is 0 Å². The zero-order valence-corrected chi connectivity index (χ0v) is 12.5. The largest absolute Gasteiger partial charge is 0.383 e. The summed E-state index contributed by atoms with van der Waals surface area (Å²) in [4.78, 5) is 0. The molecule has 1 heterocycles. The number of hydrogen-bond acceptors (Lipinski definition) is 3. The predicted octanol–water partition coefficient (Wildman–Crippen LogP) is 2.19. The van der Waals surface area contributed by atoms with Gasteiger partial charge < -0.3 is 10.1 Å². The molecule has 0 bridgehead atoms. The number of aromatic nitrogens is 2. The van der Waals surface area contributed by atoms with Crippen molar-refractivity contribution < 1.29 is 4.74 Å². The van der Waals surface area contributed by atoms with Crippen molar-refractivity contribution in [1.29, 1.82) is 0 Å². The second-order valence-electron chi connectivity index (χ2n) is 4.65. The third-order valence-corrected chi connectivity index (χ3v) is 3.73. The van der Waals surface area contributed by atoms with E-state index >= 15 is 0 Å². The molecule has 1 N–H and O–H groups in total. The Hall–Kier alpha value is -0.580. The van der Waals surface area contributed by atoms with Crippen LogP contribution in [-0.2, 0) is 18.2 Å². The highest BCUT2D eigenvalue weighted by atomic mass is 35.5. The van der Waals surface area contributed by atoms with Gasteiger partial charge in [-0.25, -0.2) is 0 Å². The summed E-state index contributed by atoms with van der Waals surface area (Å²) in [6, 6.07) is 0. The molecular formula is C13H24ClN3O. The molecule has 1 aromatic heterocycles. The molecule has 0 saturated carbocycles. The highest BCUT2D eigenvalue weighted by Crippen LogP contribution is 2.23. The molecular weight excluding hydrogens is 250 g/mol. The van der Waals surface area contributed by atoms with Crippen LogP contribution in [0.25, 0.3) is 0 Å². The fourth-order valence-electron chi connectivity index (χ4n) is 2.04. The normalized spacial score (nSPS) is 12.9. The number of halogens is 1. The molecule has 0 aliphatic rings. The van der Waals surface area contributed by atoms with Gasteiger partial charge in [-0.05, 0) is 25.8 Å². The SMILES string of the molecule is CCC(CNCCOC)Cc1c(C)nn(C)c1Cl. The fraction of sp³-hybridized carbons (Fsp3) is 0.769. The van der Waals surface area contributed by atoms with Gasteiger partial charge in [0.15, 0.2) is 0 Å². The van der Waals surface area contributed by atoms with Gasteiger partial charge in [0.1, 0.15) is 5.15 Å². The zero-order chi connectivity index (χ0) is 13.5. The highest BCUT2D eigenvalue weighted by molar-refractivity contribution is 6.30. The average Bonchev–Trinajstić information content (AvgIpc) is 2.59. The van der Waals surface area contributed by atoms with E-state index in [9.17, 15) is 0 Å². The van der Waals surface area contributed by atoms with E-state index in [4.69, 9.17) is 16.3 Å². The molecule has 0 amide bonds. The molecule has 1 atom stereocenters. The van der Waals surface area contributed by atoms with Crippen molar-refractivity contribution >= 4 is 11.6 Å². The third kappa shape index (κ3) is 4.26. The first-order chi connectivity index (χ1) is 8.60. The van der Waals surface area contributed by atoms with E-state index in [1.807, 2.05) is 14.0 Å². The Balaban J connectivity index is 2.51. The molecule has 1 rings (SSSR count). The Morgan fingerprint density at radius 1 is 1.50 bits per heavy atom. The van der Waals surface area contributed by atoms with Crippen molar-refractivity contribution in [3.63, 3.8) is 0 Å². The smallest absolute Gasteiger partial charge is 0.130 e. The number of methoxy groups -OCH3 is 1. The number of ether oxygens (including phenoxy) is 1. The topological polar surface area (TPSA) is 39.1 Å². The second kappa shape index (κ2) is 7.77. The van der Waals surface area contributed by atoms with Gasteiger partial charge in [-0.1, -0.05) is 24.9 Å². The molecule has 5 heteroatoms. The lowest BCUT2D eigenvalue weighted by Crippen LogP contribution is -2.27. The lowest BCUT2D eigenvalue weighted by atomic mass is 9.97. The molecule has 0 aliphatic heterocycles. The first-order valence-corrected chi connectivity index (χ1v) is 6.85. The van der Waals surface area contributed by atoms with Crippen LogP contribution in [0.1, 0.15) is 24.6 Å². The van der Waals surface area contributed by atoms with Gasteiger partial charge in [0.2, 0.25) is 0 Å². The molecule has 0 spiro atoms. The predicted molar refractivity (Wildman–Crippen MR) is 75.2 cm³/mol. The van der Waals surface area contributed by atoms with E-state index < -0.39 is 0 Å². The Kier molecular flexibility index (Phi) is 6.68. The van der Waals surface area contributed by atoms with Crippen molar-refractivity contribution in [1.82, 2.24) is 15.1 Å². The standard InChI is InChI=1S/C13H24ClN3O/c1-5-11(9-15-6-7-18-4)8-12-10(2)16-17(3)13(12)14/h11,15H,5-9H2,1-4H3. The zero-order valence-electron chi connectivity index (χ0n) is 11.8. The van der Waals surface area contributed by atoms with Crippen LogP contribution < -0.4 is 5.32 Å². The molecule has 0 saturated heterocycles. The molecule has 0 radical (unpaired) electrons. The summed E-state index contributed by atoms with van der Waals surface area (Å²) < 4.78 is 6.77. The molecule has 1 unspecified atom stereocenters. The summed E-state index contributed by atoms with van der Waals surface area (Å²) in [5.41, 5.74) is 2.22. The van der Waals surface area contributed by atoms with E-state index in [2.05, 4.69) is 17.3 Å². The van der Waals surface area contributed by atoms with Crippen LogP contribution in [0, 0.1) is 12.8 Å². The Morgan fingerprint density at radius 2 is 2.22 bits per heavy atom. The minimum atomic E-state index is 0.585. The van der Waals surface area contributed by atoms with Crippen LogP contribution in [0.5, 0.6) is 0 Å². The summed E-state index contributed by atoms with van der Waals surface area (Å²) in [6.07, 6.45) is 2.11. The highest BCUT2D eigenvalue weighted by Gasteiger charge is 2.15. The monoisotopic (exact) mass is 273 g/mol. The number of hydrogen-bond donors (Lipinski definition) is 1.